The third-order valence-corrected chi connectivity index (χ3v) is 6.65. The lowest BCUT2D eigenvalue weighted by Crippen LogP contribution is -2.13. The molecule has 0 aliphatic rings. The van der Waals surface area contributed by atoms with E-state index in [-0.39, 0.29) is 27.3 Å². The van der Waals surface area contributed by atoms with Gasteiger partial charge < -0.3 is 9.55 Å². The van der Waals surface area contributed by atoms with Gasteiger partial charge in [-0.3, -0.25) is 14.1 Å². The van der Waals surface area contributed by atoms with Crippen molar-refractivity contribution in [3.63, 3.8) is 0 Å². The van der Waals surface area contributed by atoms with E-state index in [0.717, 1.165) is 5.52 Å². The molecule has 0 spiro atoms. The highest BCUT2D eigenvalue weighted by molar-refractivity contribution is 7.86. The summed E-state index contributed by atoms with van der Waals surface area (Å²) in [7, 11) is -2.81. The molecule has 3 aromatic carbocycles. The summed E-state index contributed by atoms with van der Waals surface area (Å²) in [5.74, 6) is 0. The minimum Gasteiger partial charge on any atom is -0.354 e. The lowest BCUT2D eigenvalue weighted by atomic mass is 10.0. The van der Waals surface area contributed by atoms with Crippen LogP contribution in [0.15, 0.2) is 63.0 Å². The van der Waals surface area contributed by atoms with Crippen LogP contribution in [0, 0.1) is 6.92 Å². The number of H-pyrrole nitrogens is 1. The Bertz CT molecular complexity index is 1780. The normalized spacial score (nSPS) is 12.4. The van der Waals surface area contributed by atoms with Crippen molar-refractivity contribution >= 4 is 53.7 Å². The molecule has 0 aliphatic carbocycles. The van der Waals surface area contributed by atoms with Gasteiger partial charge in [-0.1, -0.05) is 18.2 Å². The van der Waals surface area contributed by atoms with Gasteiger partial charge in [0.15, 0.2) is 10.9 Å². The predicted molar refractivity (Wildman–Crippen MR) is 117 cm³/mol. The second-order valence-electron chi connectivity index (χ2n) is 7.38. The van der Waals surface area contributed by atoms with Gasteiger partial charge >= 0.3 is 0 Å². The van der Waals surface area contributed by atoms with E-state index in [9.17, 15) is 22.6 Å². The van der Waals surface area contributed by atoms with Gasteiger partial charge in [-0.15, -0.1) is 0 Å². The third-order valence-electron chi connectivity index (χ3n) is 5.61. The average Bonchev–Trinajstić information content (AvgIpc) is 2.71. The first kappa shape index (κ1) is 18.5. The maximum absolute atomic E-state index is 13.3. The Labute approximate surface area is 169 Å². The summed E-state index contributed by atoms with van der Waals surface area (Å²) >= 11 is 0. The minimum absolute atomic E-state index is 0.102. The summed E-state index contributed by atoms with van der Waals surface area (Å²) in [5, 5.41) is 1.14. The second-order valence-corrected chi connectivity index (χ2v) is 8.74. The van der Waals surface area contributed by atoms with E-state index in [2.05, 4.69) is 4.98 Å². The molecule has 2 aromatic heterocycles. The molecular weight excluding hydrogens is 404 g/mol. The van der Waals surface area contributed by atoms with E-state index in [4.69, 9.17) is 0 Å². The summed E-state index contributed by atoms with van der Waals surface area (Å²) < 4.78 is 35.5. The van der Waals surface area contributed by atoms with Crippen molar-refractivity contribution in [2.45, 2.75) is 11.8 Å². The standard InChI is InChI=1S/C22H16N2O5S/c1-11-7-8-15-19(22(11)30(27,28)29)21(26)13-10-18-14(9-16(13)23-15)20(25)12-5-3-4-6-17(12)24(18)2/h3-10H,1-2H3,(H,23,26)(H,27,28,29). The molecule has 150 valence electrons. The fourth-order valence-corrected chi connectivity index (χ4v) is 5.14. The molecule has 2 heterocycles. The van der Waals surface area contributed by atoms with Crippen LogP contribution in [0.4, 0.5) is 0 Å². The van der Waals surface area contributed by atoms with Gasteiger partial charge in [0.05, 0.1) is 27.5 Å². The van der Waals surface area contributed by atoms with Gasteiger partial charge in [0.1, 0.15) is 4.90 Å². The van der Waals surface area contributed by atoms with Gasteiger partial charge in [0.2, 0.25) is 0 Å². The van der Waals surface area contributed by atoms with Crippen molar-refractivity contribution in [2.75, 3.05) is 0 Å². The molecule has 0 saturated heterocycles. The number of aryl methyl sites for hydroxylation is 2. The number of hydrogen-bond acceptors (Lipinski definition) is 4. The van der Waals surface area contributed by atoms with E-state index in [1.165, 1.54) is 13.0 Å². The average molecular weight is 420 g/mol. The first-order valence-electron chi connectivity index (χ1n) is 9.17. The Morgan fingerprint density at radius 3 is 2.33 bits per heavy atom. The monoisotopic (exact) mass is 420 g/mol. The van der Waals surface area contributed by atoms with E-state index < -0.39 is 20.4 Å². The summed E-state index contributed by atoms with van der Waals surface area (Å²) in [6.07, 6.45) is 0. The SMILES string of the molecule is Cc1ccc2[nH]c3cc4c(=O)c5ccccc5n(C)c4cc3c(=O)c2c1S(=O)(=O)O. The Balaban J connectivity index is 2.06. The van der Waals surface area contributed by atoms with E-state index >= 15 is 0 Å². The zero-order valence-corrected chi connectivity index (χ0v) is 16.9. The number of aromatic amines is 1. The van der Waals surface area contributed by atoms with Gasteiger partial charge in [0.25, 0.3) is 10.1 Å². The number of para-hydroxylation sites is 1. The van der Waals surface area contributed by atoms with Crippen LogP contribution in [0.1, 0.15) is 5.56 Å². The summed E-state index contributed by atoms with van der Waals surface area (Å²) in [6.45, 7) is 1.52. The topological polar surface area (TPSA) is 109 Å². The highest BCUT2D eigenvalue weighted by Crippen LogP contribution is 2.27. The number of nitrogens with zero attached hydrogens (tertiary/aromatic N) is 1. The number of rotatable bonds is 1. The molecule has 0 unspecified atom stereocenters. The third kappa shape index (κ3) is 2.44. The Kier molecular flexibility index (Phi) is 3.71. The number of nitrogens with one attached hydrogen (secondary N) is 1. The van der Waals surface area contributed by atoms with Crippen LogP contribution in [0.3, 0.4) is 0 Å². The summed E-state index contributed by atoms with van der Waals surface area (Å²) in [5.41, 5.74) is 1.55. The van der Waals surface area contributed by atoms with Crippen LogP contribution < -0.4 is 10.9 Å². The van der Waals surface area contributed by atoms with E-state index in [0.29, 0.717) is 21.8 Å². The van der Waals surface area contributed by atoms with Gasteiger partial charge in [-0.25, -0.2) is 0 Å². The van der Waals surface area contributed by atoms with Crippen LogP contribution in [0.25, 0.3) is 43.6 Å². The fraction of sp³-hybridized carbons (Fsp3) is 0.0909. The summed E-state index contributed by atoms with van der Waals surface area (Å²) in [4.78, 5) is 29.0. The van der Waals surface area contributed by atoms with E-state index in [1.807, 2.05) is 16.7 Å². The van der Waals surface area contributed by atoms with Crippen LogP contribution in [0.2, 0.25) is 0 Å². The number of aromatic nitrogens is 2. The van der Waals surface area contributed by atoms with Crippen molar-refractivity contribution in [1.82, 2.24) is 9.55 Å². The first-order chi connectivity index (χ1) is 14.2. The Morgan fingerprint density at radius 2 is 1.60 bits per heavy atom. The van der Waals surface area contributed by atoms with Crippen LogP contribution in [0.5, 0.6) is 0 Å². The lowest BCUT2D eigenvalue weighted by Gasteiger charge is -2.13. The van der Waals surface area contributed by atoms with Gasteiger partial charge in [-0.05, 0) is 42.8 Å². The smallest absolute Gasteiger partial charge is 0.295 e. The van der Waals surface area contributed by atoms with Crippen LogP contribution >= 0.6 is 0 Å². The van der Waals surface area contributed by atoms with E-state index in [1.54, 1.807) is 37.4 Å². The Hall–Kier alpha value is -3.49. The molecule has 0 radical (unpaired) electrons. The largest absolute Gasteiger partial charge is 0.354 e. The first-order valence-corrected chi connectivity index (χ1v) is 10.6. The molecule has 7 nitrogen and oxygen atoms in total. The minimum atomic E-state index is -4.61. The number of fused-ring (bicyclic) bond motifs is 4. The molecule has 0 atom stereocenters. The highest BCUT2D eigenvalue weighted by atomic mass is 32.2. The molecule has 30 heavy (non-hydrogen) atoms. The lowest BCUT2D eigenvalue weighted by molar-refractivity contribution is 0.483. The van der Waals surface area contributed by atoms with Crippen molar-refractivity contribution < 1.29 is 13.0 Å². The molecule has 0 fully saturated rings. The van der Waals surface area contributed by atoms with Gasteiger partial charge in [-0.2, -0.15) is 8.42 Å². The molecule has 8 heteroatoms. The van der Waals surface area contributed by atoms with Crippen molar-refractivity contribution in [2.24, 2.45) is 7.05 Å². The van der Waals surface area contributed by atoms with Crippen molar-refractivity contribution in [3.8, 4) is 0 Å². The number of benzene rings is 3. The Morgan fingerprint density at radius 1 is 0.867 bits per heavy atom. The molecule has 0 saturated carbocycles. The second kappa shape index (κ2) is 6.01. The quantitative estimate of drug-likeness (QED) is 0.320. The number of hydrogen-bond donors (Lipinski definition) is 2. The molecule has 0 bridgehead atoms. The maximum atomic E-state index is 13.3. The fourth-order valence-electron chi connectivity index (χ4n) is 4.20. The molecule has 5 aromatic rings. The van der Waals surface area contributed by atoms with Crippen LogP contribution in [-0.4, -0.2) is 22.5 Å². The molecule has 0 aliphatic heterocycles. The molecule has 2 N–H and O–H groups in total. The summed E-state index contributed by atoms with van der Waals surface area (Å²) in [6, 6.07) is 13.5. The predicted octanol–water partition coefficient (Wildman–Crippen LogP) is 3.24. The molecular formula is C22H16N2O5S. The van der Waals surface area contributed by atoms with Gasteiger partial charge in [0, 0.05) is 23.2 Å². The van der Waals surface area contributed by atoms with Crippen LogP contribution in [-0.2, 0) is 17.2 Å². The molecule has 0 amide bonds. The van der Waals surface area contributed by atoms with Crippen molar-refractivity contribution in [3.05, 3.63) is 74.5 Å². The maximum Gasteiger partial charge on any atom is 0.295 e. The molecule has 5 rings (SSSR count). The zero-order chi connectivity index (χ0) is 21.4. The number of pyridine rings is 2. The van der Waals surface area contributed by atoms with Crippen molar-refractivity contribution in [1.29, 1.82) is 0 Å². The zero-order valence-electron chi connectivity index (χ0n) is 16.1. The highest BCUT2D eigenvalue weighted by Gasteiger charge is 2.21.